The molecule has 1 N–H and O–H groups in total. The molecule has 2 rings (SSSR count). The topological polar surface area (TPSA) is 37.3 Å². The highest BCUT2D eigenvalue weighted by Gasteiger charge is 2.51. The van der Waals surface area contributed by atoms with Crippen LogP contribution in [0.1, 0.15) is 35.3 Å². The number of benzene rings is 2. The van der Waals surface area contributed by atoms with E-state index in [1.807, 2.05) is 0 Å². The van der Waals surface area contributed by atoms with E-state index in [0.29, 0.717) is 13.0 Å². The van der Waals surface area contributed by atoms with Crippen molar-refractivity contribution >= 4 is 17.9 Å². The third-order valence-electron chi connectivity index (χ3n) is 4.17. The van der Waals surface area contributed by atoms with Gasteiger partial charge in [0.2, 0.25) is 0 Å². The molecule has 0 amide bonds. The van der Waals surface area contributed by atoms with E-state index in [1.165, 1.54) is 6.92 Å². The van der Waals surface area contributed by atoms with Crippen molar-refractivity contribution in [2.24, 2.45) is 0 Å². The third kappa shape index (κ3) is 3.33. The Kier molecular flexibility index (Phi) is 5.44. The number of hydrogen-bond acceptors (Lipinski definition) is 2. The minimum Gasteiger partial charge on any atom is -0.376 e. The molecule has 0 aliphatic heterocycles. The van der Waals surface area contributed by atoms with Crippen LogP contribution in [0.5, 0.6) is 0 Å². The van der Waals surface area contributed by atoms with Crippen molar-refractivity contribution in [3.05, 3.63) is 57.6 Å². The number of carbonyl (C=O) groups is 1. The Bertz CT molecular complexity index is 860. The largest absolute Gasteiger partial charge is 0.421 e. The maximum Gasteiger partial charge on any atom is 0.421 e. The number of alkyl halides is 3. The lowest BCUT2D eigenvalue weighted by molar-refractivity contribution is -0.258. The number of aliphatic hydroxyl groups is 1. The molecule has 1 atom stereocenters. The van der Waals surface area contributed by atoms with Gasteiger partial charge in [-0.05, 0) is 36.6 Å². The van der Waals surface area contributed by atoms with Crippen LogP contribution in [0.15, 0.2) is 24.3 Å². The van der Waals surface area contributed by atoms with Crippen molar-refractivity contribution in [2.45, 2.75) is 32.0 Å². The molecule has 1 unspecified atom stereocenters. The van der Waals surface area contributed by atoms with E-state index >= 15 is 0 Å². The van der Waals surface area contributed by atoms with Crippen LogP contribution in [0.3, 0.4) is 0 Å². The second kappa shape index (κ2) is 6.96. The second-order valence-electron chi connectivity index (χ2n) is 5.85. The monoisotopic (exact) mass is 392 g/mol. The highest BCUT2D eigenvalue weighted by atomic mass is 35.5. The van der Waals surface area contributed by atoms with Gasteiger partial charge in [-0.3, -0.25) is 4.79 Å². The van der Waals surface area contributed by atoms with E-state index in [9.17, 15) is 31.9 Å². The van der Waals surface area contributed by atoms with Gasteiger partial charge in [0.15, 0.2) is 11.9 Å². The summed E-state index contributed by atoms with van der Waals surface area (Å²) in [5.74, 6) is -1.84. The van der Waals surface area contributed by atoms with Crippen LogP contribution in [0.2, 0.25) is 5.02 Å². The molecule has 0 saturated carbocycles. The maximum absolute atomic E-state index is 14.4. The van der Waals surface area contributed by atoms with Crippen LogP contribution in [-0.4, -0.2) is 17.6 Å². The Hall–Kier alpha value is -1.99. The number of aldehydes is 1. The standard InChI is InChI=1S/C18H14ClF5O2/c1-3-11-15(14(20)6-9(8-25)16(11)21)12-5-4-10(7-13(12)19)17(2,26)18(22,23)24/h4-8,26H,3H2,1-2H3. The lowest BCUT2D eigenvalue weighted by Crippen LogP contribution is -2.39. The van der Waals surface area contributed by atoms with Gasteiger partial charge in [-0.2, -0.15) is 13.2 Å². The van der Waals surface area contributed by atoms with Gasteiger partial charge in [0, 0.05) is 16.1 Å². The zero-order valence-electron chi connectivity index (χ0n) is 13.7. The molecular weight excluding hydrogens is 379 g/mol. The molecule has 8 heteroatoms. The predicted molar refractivity (Wildman–Crippen MR) is 87.2 cm³/mol. The van der Waals surface area contributed by atoms with E-state index < -0.39 is 34.5 Å². The maximum atomic E-state index is 14.4. The Morgan fingerprint density at radius 2 is 1.81 bits per heavy atom. The molecule has 0 radical (unpaired) electrons. The fourth-order valence-corrected chi connectivity index (χ4v) is 2.87. The molecule has 0 spiro atoms. The van der Waals surface area contributed by atoms with Crippen molar-refractivity contribution < 1.29 is 31.9 Å². The van der Waals surface area contributed by atoms with Crippen LogP contribution in [-0.2, 0) is 12.0 Å². The minimum absolute atomic E-state index is 0.0259. The van der Waals surface area contributed by atoms with Gasteiger partial charge in [-0.1, -0.05) is 30.7 Å². The zero-order valence-corrected chi connectivity index (χ0v) is 14.5. The third-order valence-corrected chi connectivity index (χ3v) is 4.49. The summed E-state index contributed by atoms with van der Waals surface area (Å²) >= 11 is 6.01. The summed E-state index contributed by atoms with van der Waals surface area (Å²) in [7, 11) is 0. The molecule has 0 aliphatic rings. The number of rotatable bonds is 4. The zero-order chi connectivity index (χ0) is 19.9. The number of halogens is 6. The van der Waals surface area contributed by atoms with Crippen molar-refractivity contribution in [2.75, 3.05) is 0 Å². The molecule has 0 bridgehead atoms. The minimum atomic E-state index is -4.95. The van der Waals surface area contributed by atoms with E-state index in [0.717, 1.165) is 18.2 Å². The summed E-state index contributed by atoms with van der Waals surface area (Å²) in [5.41, 5.74) is -4.56. The van der Waals surface area contributed by atoms with Crippen molar-refractivity contribution in [3.63, 3.8) is 0 Å². The lowest BCUT2D eigenvalue weighted by atomic mass is 9.90. The van der Waals surface area contributed by atoms with E-state index in [2.05, 4.69) is 0 Å². The molecule has 2 nitrogen and oxygen atoms in total. The van der Waals surface area contributed by atoms with Crippen molar-refractivity contribution in [1.82, 2.24) is 0 Å². The predicted octanol–water partition coefficient (Wildman–Crippen LogP) is 5.43. The van der Waals surface area contributed by atoms with Crippen LogP contribution in [0.4, 0.5) is 22.0 Å². The molecule has 2 aromatic rings. The summed E-state index contributed by atoms with van der Waals surface area (Å²) in [6.45, 7) is 2.10. The normalized spacial score (nSPS) is 14.2. The number of hydrogen-bond donors (Lipinski definition) is 1. The highest BCUT2D eigenvalue weighted by molar-refractivity contribution is 6.33. The van der Waals surface area contributed by atoms with E-state index in [4.69, 9.17) is 11.6 Å². The van der Waals surface area contributed by atoms with Crippen LogP contribution in [0.25, 0.3) is 11.1 Å². The van der Waals surface area contributed by atoms with Crippen LogP contribution in [0, 0.1) is 11.6 Å². The van der Waals surface area contributed by atoms with Gasteiger partial charge in [0.1, 0.15) is 11.6 Å². The van der Waals surface area contributed by atoms with Crippen LogP contribution < -0.4 is 0 Å². The van der Waals surface area contributed by atoms with Gasteiger partial charge >= 0.3 is 6.18 Å². The van der Waals surface area contributed by atoms with E-state index in [-0.39, 0.29) is 34.4 Å². The summed E-state index contributed by atoms with van der Waals surface area (Å²) in [5, 5.41) is 9.43. The fraction of sp³-hybridized carbons (Fsp3) is 0.278. The first-order valence-electron chi connectivity index (χ1n) is 7.51. The summed E-state index contributed by atoms with van der Waals surface area (Å²) in [4.78, 5) is 10.8. The molecule has 2 aromatic carbocycles. The Labute approximate surface area is 151 Å². The van der Waals surface area contributed by atoms with Crippen molar-refractivity contribution in [1.29, 1.82) is 0 Å². The average Bonchev–Trinajstić information content (AvgIpc) is 2.55. The molecule has 0 aromatic heterocycles. The first kappa shape index (κ1) is 20.3. The van der Waals surface area contributed by atoms with E-state index in [1.54, 1.807) is 0 Å². The highest BCUT2D eigenvalue weighted by Crippen LogP contribution is 2.42. The van der Waals surface area contributed by atoms with Gasteiger partial charge in [0.25, 0.3) is 0 Å². The number of carbonyl (C=O) groups excluding carboxylic acids is 1. The Morgan fingerprint density at radius 1 is 1.19 bits per heavy atom. The molecule has 140 valence electrons. The van der Waals surface area contributed by atoms with Gasteiger partial charge in [0.05, 0.1) is 5.56 Å². The second-order valence-corrected chi connectivity index (χ2v) is 6.26. The van der Waals surface area contributed by atoms with Crippen LogP contribution >= 0.6 is 11.6 Å². The first-order chi connectivity index (χ1) is 12.0. The molecule has 0 saturated heterocycles. The molecule has 0 fully saturated rings. The smallest absolute Gasteiger partial charge is 0.376 e. The first-order valence-corrected chi connectivity index (χ1v) is 7.89. The lowest BCUT2D eigenvalue weighted by Gasteiger charge is -2.27. The quantitative estimate of drug-likeness (QED) is 0.556. The molecular formula is C18H14ClF5O2. The van der Waals surface area contributed by atoms with Crippen molar-refractivity contribution in [3.8, 4) is 11.1 Å². The van der Waals surface area contributed by atoms with Gasteiger partial charge in [-0.15, -0.1) is 0 Å². The SMILES string of the molecule is CCc1c(F)c(C=O)cc(F)c1-c1ccc(C(C)(O)C(F)(F)F)cc1Cl. The van der Waals surface area contributed by atoms with Gasteiger partial charge in [-0.25, -0.2) is 8.78 Å². The molecule has 26 heavy (non-hydrogen) atoms. The summed E-state index contributed by atoms with van der Waals surface area (Å²) in [6, 6.07) is 3.58. The van der Waals surface area contributed by atoms with Gasteiger partial charge < -0.3 is 5.11 Å². The average molecular weight is 393 g/mol. The Balaban J connectivity index is 2.69. The molecule has 0 heterocycles. The fourth-order valence-electron chi connectivity index (χ4n) is 2.59. The summed E-state index contributed by atoms with van der Waals surface area (Å²) in [6.07, 6.45) is -4.75. The summed E-state index contributed by atoms with van der Waals surface area (Å²) < 4.78 is 67.6. The Morgan fingerprint density at radius 3 is 2.27 bits per heavy atom. The molecule has 0 aliphatic carbocycles.